The normalized spacial score (nSPS) is 11.9. The Hall–Kier alpha value is -4.62. The van der Waals surface area contributed by atoms with E-state index >= 15 is 0 Å². The molecule has 6 nitrogen and oxygen atoms in total. The summed E-state index contributed by atoms with van der Waals surface area (Å²) in [6, 6.07) is 34.4. The van der Waals surface area contributed by atoms with E-state index in [0.29, 0.717) is 5.69 Å². The van der Waals surface area contributed by atoms with E-state index < -0.39 is 12.6 Å². The maximum absolute atomic E-state index is 13.5. The van der Waals surface area contributed by atoms with Crippen LogP contribution in [-0.2, 0) is 9.53 Å². The summed E-state index contributed by atoms with van der Waals surface area (Å²) in [5, 5.41) is 4.67. The number of hydrogen-bond donors (Lipinski definition) is 0. The molecule has 0 fully saturated rings. The minimum atomic E-state index is -0.609. The Morgan fingerprint density at radius 3 is 1.95 bits per heavy atom. The molecule has 1 aliphatic rings. The third-order valence-corrected chi connectivity index (χ3v) is 7.14. The first-order chi connectivity index (χ1) is 18.2. The maximum atomic E-state index is 13.5. The minimum absolute atomic E-state index is 0.290. The summed E-state index contributed by atoms with van der Waals surface area (Å²) >= 11 is 1.61. The Labute approximate surface area is 218 Å². The summed E-state index contributed by atoms with van der Waals surface area (Å²) in [5.74, 6) is -0.937. The number of benzene rings is 4. The standard InChI is InChI=1S/C30H21N3O3S/c34-28(33-24-15-7-9-17-26(24)37-27-18-10-8-16-25(27)33)20-36-30(35)23-19-32(22-13-5-2-6-14-22)31-29(23)21-11-3-1-4-12-21/h1-19H,20H2. The molecular formula is C30H21N3O3S. The third kappa shape index (κ3) is 4.41. The van der Waals surface area contributed by atoms with Gasteiger partial charge in [0.25, 0.3) is 5.91 Å². The zero-order valence-electron chi connectivity index (χ0n) is 19.7. The van der Waals surface area contributed by atoms with Gasteiger partial charge in [0.1, 0.15) is 11.3 Å². The summed E-state index contributed by atoms with van der Waals surface area (Å²) in [6.45, 7) is -0.406. The number of nitrogens with zero attached hydrogens (tertiary/aromatic N) is 3. The van der Waals surface area contributed by atoms with Crippen LogP contribution in [0.25, 0.3) is 16.9 Å². The predicted octanol–water partition coefficient (Wildman–Crippen LogP) is 6.53. The van der Waals surface area contributed by atoms with Crippen LogP contribution < -0.4 is 4.90 Å². The number of para-hydroxylation sites is 3. The number of anilines is 2. The lowest BCUT2D eigenvalue weighted by molar-refractivity contribution is -0.121. The fourth-order valence-corrected chi connectivity index (χ4v) is 5.35. The molecule has 4 aromatic carbocycles. The zero-order valence-corrected chi connectivity index (χ0v) is 20.5. The van der Waals surface area contributed by atoms with Crippen LogP contribution in [0.2, 0.25) is 0 Å². The van der Waals surface area contributed by atoms with Crippen molar-refractivity contribution in [3.05, 3.63) is 121 Å². The molecule has 0 N–H and O–H groups in total. The second kappa shape index (κ2) is 9.79. The van der Waals surface area contributed by atoms with E-state index in [1.807, 2.05) is 109 Å². The van der Waals surface area contributed by atoms with E-state index in [4.69, 9.17) is 4.74 Å². The van der Waals surface area contributed by atoms with Gasteiger partial charge in [0.15, 0.2) is 6.61 Å². The average Bonchev–Trinajstić information content (AvgIpc) is 3.41. The van der Waals surface area contributed by atoms with E-state index in [0.717, 1.165) is 32.4 Å². The smallest absolute Gasteiger partial charge is 0.342 e. The number of ether oxygens (including phenoxy) is 1. The van der Waals surface area contributed by atoms with E-state index in [-0.39, 0.29) is 11.5 Å². The van der Waals surface area contributed by atoms with Crippen molar-refractivity contribution < 1.29 is 14.3 Å². The molecule has 0 unspecified atom stereocenters. The number of rotatable bonds is 5. The number of amides is 1. The van der Waals surface area contributed by atoms with Gasteiger partial charge in [-0.25, -0.2) is 9.48 Å². The fourth-order valence-electron chi connectivity index (χ4n) is 4.29. The largest absolute Gasteiger partial charge is 0.452 e. The predicted molar refractivity (Wildman–Crippen MR) is 143 cm³/mol. The summed E-state index contributed by atoms with van der Waals surface area (Å²) in [7, 11) is 0. The topological polar surface area (TPSA) is 64.4 Å². The van der Waals surface area contributed by atoms with Crippen LogP contribution in [0.3, 0.4) is 0 Å². The van der Waals surface area contributed by atoms with Gasteiger partial charge in [0.05, 0.1) is 17.1 Å². The van der Waals surface area contributed by atoms with Crippen LogP contribution in [-0.4, -0.2) is 28.3 Å². The first-order valence-corrected chi connectivity index (χ1v) is 12.6. The van der Waals surface area contributed by atoms with E-state index in [1.165, 1.54) is 0 Å². The molecule has 0 spiro atoms. The summed E-state index contributed by atoms with van der Waals surface area (Å²) in [4.78, 5) is 30.3. The Balaban J connectivity index is 1.29. The van der Waals surface area contributed by atoms with Gasteiger partial charge in [0.2, 0.25) is 0 Å². The van der Waals surface area contributed by atoms with Crippen molar-refractivity contribution in [3.8, 4) is 16.9 Å². The highest BCUT2D eigenvalue weighted by atomic mass is 32.2. The van der Waals surface area contributed by atoms with E-state index in [2.05, 4.69) is 5.10 Å². The number of carbonyl (C=O) groups excluding carboxylic acids is 2. The molecule has 7 heteroatoms. The SMILES string of the molecule is O=C(OCC(=O)N1c2ccccc2Sc2ccccc21)c1cn(-c2ccccc2)nc1-c1ccccc1. The van der Waals surface area contributed by atoms with Gasteiger partial charge in [-0.3, -0.25) is 9.69 Å². The number of esters is 1. The molecule has 0 saturated carbocycles. The lowest BCUT2D eigenvalue weighted by Gasteiger charge is -2.30. The number of aromatic nitrogens is 2. The summed E-state index contributed by atoms with van der Waals surface area (Å²) in [6.07, 6.45) is 1.65. The third-order valence-electron chi connectivity index (χ3n) is 6.01. The zero-order chi connectivity index (χ0) is 25.2. The van der Waals surface area contributed by atoms with Gasteiger partial charge in [-0.1, -0.05) is 84.6 Å². The molecular weight excluding hydrogens is 482 g/mol. The Morgan fingerprint density at radius 1 is 0.730 bits per heavy atom. The molecule has 1 aliphatic heterocycles. The van der Waals surface area contributed by atoms with Crippen LogP contribution in [0.5, 0.6) is 0 Å². The van der Waals surface area contributed by atoms with Crippen LogP contribution in [0.4, 0.5) is 11.4 Å². The second-order valence-corrected chi connectivity index (χ2v) is 9.46. The monoisotopic (exact) mass is 503 g/mol. The fraction of sp³-hybridized carbons (Fsp3) is 0.0333. The van der Waals surface area contributed by atoms with Gasteiger partial charge in [0, 0.05) is 21.6 Å². The molecule has 0 radical (unpaired) electrons. The van der Waals surface area contributed by atoms with Crippen LogP contribution in [0, 0.1) is 0 Å². The van der Waals surface area contributed by atoms with Crippen LogP contribution >= 0.6 is 11.8 Å². The number of fused-ring (bicyclic) bond motifs is 2. The van der Waals surface area contributed by atoms with Crippen LogP contribution in [0.1, 0.15) is 10.4 Å². The number of carbonyl (C=O) groups is 2. The molecule has 5 aromatic rings. The molecule has 0 aliphatic carbocycles. The molecule has 2 heterocycles. The molecule has 180 valence electrons. The Morgan fingerprint density at radius 2 is 1.30 bits per heavy atom. The van der Waals surface area contributed by atoms with E-state index in [9.17, 15) is 9.59 Å². The molecule has 0 bridgehead atoms. The van der Waals surface area contributed by atoms with Crippen LogP contribution in [0.15, 0.2) is 125 Å². The van der Waals surface area contributed by atoms with Gasteiger partial charge < -0.3 is 4.74 Å². The molecule has 1 amide bonds. The van der Waals surface area contributed by atoms with Crippen molar-refractivity contribution in [2.45, 2.75) is 9.79 Å². The van der Waals surface area contributed by atoms with Gasteiger partial charge in [-0.2, -0.15) is 5.10 Å². The first-order valence-electron chi connectivity index (χ1n) is 11.8. The Bertz CT molecular complexity index is 1550. The highest BCUT2D eigenvalue weighted by Gasteiger charge is 2.29. The van der Waals surface area contributed by atoms with Crippen molar-refractivity contribution >= 4 is 35.0 Å². The highest BCUT2D eigenvalue weighted by Crippen LogP contribution is 2.47. The lowest BCUT2D eigenvalue weighted by Crippen LogP contribution is -2.32. The molecule has 1 aromatic heterocycles. The van der Waals surface area contributed by atoms with Gasteiger partial charge in [-0.05, 0) is 36.4 Å². The summed E-state index contributed by atoms with van der Waals surface area (Å²) in [5.41, 5.74) is 3.92. The van der Waals surface area contributed by atoms with E-state index in [1.54, 1.807) is 27.5 Å². The molecule has 6 rings (SSSR count). The van der Waals surface area contributed by atoms with Crippen molar-refractivity contribution in [3.63, 3.8) is 0 Å². The Kier molecular flexibility index (Phi) is 6.04. The number of hydrogen-bond acceptors (Lipinski definition) is 5. The molecule has 0 saturated heterocycles. The molecule has 37 heavy (non-hydrogen) atoms. The average molecular weight is 504 g/mol. The highest BCUT2D eigenvalue weighted by molar-refractivity contribution is 7.99. The lowest BCUT2D eigenvalue weighted by atomic mass is 10.1. The second-order valence-electron chi connectivity index (χ2n) is 8.38. The van der Waals surface area contributed by atoms with Gasteiger partial charge >= 0.3 is 5.97 Å². The van der Waals surface area contributed by atoms with Crippen molar-refractivity contribution in [1.82, 2.24) is 9.78 Å². The van der Waals surface area contributed by atoms with Gasteiger partial charge in [-0.15, -0.1) is 0 Å². The van der Waals surface area contributed by atoms with Crippen molar-refractivity contribution in [2.24, 2.45) is 0 Å². The molecule has 0 atom stereocenters. The summed E-state index contributed by atoms with van der Waals surface area (Å²) < 4.78 is 7.24. The maximum Gasteiger partial charge on any atom is 0.342 e. The quantitative estimate of drug-likeness (QED) is 0.255. The van der Waals surface area contributed by atoms with Crippen molar-refractivity contribution in [1.29, 1.82) is 0 Å². The first kappa shape index (κ1) is 22.8. The minimum Gasteiger partial charge on any atom is -0.452 e. The van der Waals surface area contributed by atoms with Crippen molar-refractivity contribution in [2.75, 3.05) is 11.5 Å².